The quantitative estimate of drug-likeness (QED) is 0.847. The molecule has 2 aliphatic rings. The molecule has 0 aromatic heterocycles. The number of imide groups is 1. The number of hydrogen-bond donors (Lipinski definition) is 1. The molecule has 2 heterocycles. The van der Waals surface area contributed by atoms with Crippen LogP contribution in [-0.2, 0) is 0 Å². The summed E-state index contributed by atoms with van der Waals surface area (Å²) in [5, 5.41) is 0. The lowest BCUT2D eigenvalue weighted by atomic mass is 9.81. The predicted octanol–water partition coefficient (Wildman–Crippen LogP) is 1.16. The molecule has 112 valence electrons. The van der Waals surface area contributed by atoms with Crippen LogP contribution in [0.15, 0.2) is 24.3 Å². The van der Waals surface area contributed by atoms with Crippen molar-refractivity contribution in [2.75, 3.05) is 26.3 Å². The fourth-order valence-corrected chi connectivity index (χ4v) is 3.28. The Morgan fingerprint density at radius 2 is 1.81 bits per heavy atom. The van der Waals surface area contributed by atoms with Crippen molar-refractivity contribution in [3.63, 3.8) is 0 Å². The van der Waals surface area contributed by atoms with Gasteiger partial charge in [-0.3, -0.25) is 19.4 Å². The average molecular weight is 287 g/mol. The number of benzene rings is 1. The smallest absolute Gasteiger partial charge is 0.262 e. The first-order chi connectivity index (χ1) is 9.96. The van der Waals surface area contributed by atoms with Crippen LogP contribution < -0.4 is 5.73 Å². The molecule has 2 amide bonds. The van der Waals surface area contributed by atoms with Gasteiger partial charge in [-0.05, 0) is 30.0 Å². The van der Waals surface area contributed by atoms with Crippen LogP contribution in [0.2, 0.25) is 0 Å². The maximum absolute atomic E-state index is 12.4. The van der Waals surface area contributed by atoms with Gasteiger partial charge in [0.1, 0.15) is 0 Å². The zero-order valence-corrected chi connectivity index (χ0v) is 12.5. The molecular weight excluding hydrogens is 266 g/mol. The Labute approximate surface area is 124 Å². The molecule has 5 nitrogen and oxygen atoms in total. The molecule has 0 saturated carbocycles. The maximum Gasteiger partial charge on any atom is 0.262 e. The monoisotopic (exact) mass is 287 g/mol. The number of fused-ring (bicyclic) bond motifs is 1. The summed E-state index contributed by atoms with van der Waals surface area (Å²) in [4.78, 5) is 28.2. The SMILES string of the molecule is CC1CN(CN2C(=O)c3ccccc3C2=O)CC1(C)CN. The van der Waals surface area contributed by atoms with E-state index in [4.69, 9.17) is 5.73 Å². The summed E-state index contributed by atoms with van der Waals surface area (Å²) in [5.74, 6) is 0.0758. The third-order valence-corrected chi connectivity index (χ3v) is 4.99. The number of hydrogen-bond acceptors (Lipinski definition) is 4. The molecule has 3 rings (SSSR count). The number of amides is 2. The van der Waals surface area contributed by atoms with E-state index in [1.54, 1.807) is 24.3 Å². The van der Waals surface area contributed by atoms with Crippen molar-refractivity contribution in [2.45, 2.75) is 13.8 Å². The van der Waals surface area contributed by atoms with Crippen LogP contribution in [0.1, 0.15) is 34.6 Å². The molecule has 2 unspecified atom stereocenters. The highest BCUT2D eigenvalue weighted by Gasteiger charge is 2.42. The van der Waals surface area contributed by atoms with E-state index >= 15 is 0 Å². The van der Waals surface area contributed by atoms with Gasteiger partial charge in [0, 0.05) is 13.1 Å². The second-order valence-electron chi connectivity index (χ2n) is 6.50. The fraction of sp³-hybridized carbons (Fsp3) is 0.500. The van der Waals surface area contributed by atoms with Crippen molar-refractivity contribution in [3.8, 4) is 0 Å². The molecule has 2 N–H and O–H groups in total. The third kappa shape index (κ3) is 2.17. The van der Waals surface area contributed by atoms with Crippen LogP contribution in [0.25, 0.3) is 0 Å². The first-order valence-corrected chi connectivity index (χ1v) is 7.34. The average Bonchev–Trinajstić information content (AvgIpc) is 2.90. The molecule has 1 aromatic carbocycles. The lowest BCUT2D eigenvalue weighted by Crippen LogP contribution is -2.41. The second kappa shape index (κ2) is 4.93. The van der Waals surface area contributed by atoms with Crippen molar-refractivity contribution >= 4 is 11.8 Å². The summed E-state index contributed by atoms with van der Waals surface area (Å²) in [6, 6.07) is 7.01. The van der Waals surface area contributed by atoms with Gasteiger partial charge in [-0.1, -0.05) is 26.0 Å². The van der Waals surface area contributed by atoms with E-state index in [0.29, 0.717) is 30.3 Å². The van der Waals surface area contributed by atoms with E-state index in [-0.39, 0.29) is 17.2 Å². The number of likely N-dealkylation sites (tertiary alicyclic amines) is 1. The standard InChI is InChI=1S/C16H21N3O2/c1-11-7-18(9-16(11,2)8-17)10-19-14(20)12-5-3-4-6-13(12)15(19)21/h3-6,11H,7-10,17H2,1-2H3. The van der Waals surface area contributed by atoms with Gasteiger partial charge in [0.15, 0.2) is 0 Å². The van der Waals surface area contributed by atoms with Gasteiger partial charge >= 0.3 is 0 Å². The highest BCUT2D eigenvalue weighted by atomic mass is 16.2. The fourth-order valence-electron chi connectivity index (χ4n) is 3.28. The number of nitrogens with two attached hydrogens (primary N) is 1. The molecule has 2 atom stereocenters. The van der Waals surface area contributed by atoms with E-state index < -0.39 is 0 Å². The Hall–Kier alpha value is -1.72. The minimum atomic E-state index is -0.190. The minimum Gasteiger partial charge on any atom is -0.330 e. The van der Waals surface area contributed by atoms with Crippen LogP contribution in [-0.4, -0.2) is 47.9 Å². The van der Waals surface area contributed by atoms with Crippen LogP contribution >= 0.6 is 0 Å². The Bertz CT molecular complexity index is 566. The molecular formula is C16H21N3O2. The minimum absolute atomic E-state index is 0.0542. The van der Waals surface area contributed by atoms with Gasteiger partial charge in [-0.2, -0.15) is 0 Å². The highest BCUT2D eigenvalue weighted by Crippen LogP contribution is 2.35. The topological polar surface area (TPSA) is 66.6 Å². The number of carbonyl (C=O) groups excluding carboxylic acids is 2. The normalized spacial score (nSPS) is 29.3. The molecule has 0 spiro atoms. The zero-order valence-electron chi connectivity index (χ0n) is 12.5. The molecule has 21 heavy (non-hydrogen) atoms. The van der Waals surface area contributed by atoms with Gasteiger partial charge in [0.25, 0.3) is 11.8 Å². The first-order valence-electron chi connectivity index (χ1n) is 7.34. The molecule has 5 heteroatoms. The summed E-state index contributed by atoms with van der Waals surface area (Å²) in [7, 11) is 0. The molecule has 2 aliphatic heterocycles. The van der Waals surface area contributed by atoms with Crippen molar-refractivity contribution < 1.29 is 9.59 Å². The summed E-state index contributed by atoms with van der Waals surface area (Å²) in [6.45, 7) is 6.99. The van der Waals surface area contributed by atoms with Crippen molar-refractivity contribution in [1.29, 1.82) is 0 Å². The summed E-state index contributed by atoms with van der Waals surface area (Å²) >= 11 is 0. The van der Waals surface area contributed by atoms with Crippen LogP contribution in [0, 0.1) is 11.3 Å². The van der Waals surface area contributed by atoms with Gasteiger partial charge in [-0.25, -0.2) is 0 Å². The lowest BCUT2D eigenvalue weighted by Gasteiger charge is -2.27. The maximum atomic E-state index is 12.4. The van der Waals surface area contributed by atoms with Gasteiger partial charge in [-0.15, -0.1) is 0 Å². The van der Waals surface area contributed by atoms with E-state index in [0.717, 1.165) is 13.1 Å². The van der Waals surface area contributed by atoms with E-state index in [1.165, 1.54) is 4.90 Å². The largest absolute Gasteiger partial charge is 0.330 e. The molecule has 0 aliphatic carbocycles. The molecule has 1 aromatic rings. The summed E-state index contributed by atoms with van der Waals surface area (Å²) in [5.41, 5.74) is 6.95. The van der Waals surface area contributed by atoms with Gasteiger partial charge < -0.3 is 5.73 Å². The number of rotatable bonds is 3. The number of nitrogens with zero attached hydrogens (tertiary/aromatic N) is 2. The summed E-state index contributed by atoms with van der Waals surface area (Å²) in [6.07, 6.45) is 0. The number of carbonyl (C=O) groups is 2. The molecule has 0 radical (unpaired) electrons. The molecule has 1 saturated heterocycles. The van der Waals surface area contributed by atoms with E-state index in [2.05, 4.69) is 18.7 Å². The van der Waals surface area contributed by atoms with Crippen molar-refractivity contribution in [3.05, 3.63) is 35.4 Å². The first kappa shape index (κ1) is 14.2. The zero-order chi connectivity index (χ0) is 15.2. The van der Waals surface area contributed by atoms with Gasteiger partial charge in [0.2, 0.25) is 0 Å². The van der Waals surface area contributed by atoms with E-state index in [9.17, 15) is 9.59 Å². The van der Waals surface area contributed by atoms with Gasteiger partial charge in [0.05, 0.1) is 17.8 Å². The Kier molecular flexibility index (Phi) is 3.34. The third-order valence-electron chi connectivity index (χ3n) is 4.99. The Balaban J connectivity index is 1.76. The highest BCUT2D eigenvalue weighted by molar-refractivity contribution is 6.21. The lowest BCUT2D eigenvalue weighted by molar-refractivity contribution is 0.0554. The van der Waals surface area contributed by atoms with E-state index in [1.807, 2.05) is 0 Å². The van der Waals surface area contributed by atoms with Crippen LogP contribution in [0.5, 0.6) is 0 Å². The van der Waals surface area contributed by atoms with Crippen molar-refractivity contribution in [2.24, 2.45) is 17.1 Å². The summed E-state index contributed by atoms with van der Waals surface area (Å²) < 4.78 is 0. The second-order valence-corrected chi connectivity index (χ2v) is 6.50. The van der Waals surface area contributed by atoms with Crippen LogP contribution in [0.4, 0.5) is 0 Å². The predicted molar refractivity (Wildman–Crippen MR) is 79.7 cm³/mol. The van der Waals surface area contributed by atoms with Crippen LogP contribution in [0.3, 0.4) is 0 Å². The Morgan fingerprint density at radius 3 is 2.29 bits per heavy atom. The molecule has 1 fully saturated rings. The van der Waals surface area contributed by atoms with Crippen molar-refractivity contribution in [1.82, 2.24) is 9.80 Å². The molecule has 0 bridgehead atoms. The Morgan fingerprint density at radius 1 is 1.24 bits per heavy atom.